The van der Waals surface area contributed by atoms with E-state index in [0.29, 0.717) is 6.29 Å². The third-order valence-corrected chi connectivity index (χ3v) is 4.72. The second-order valence-corrected chi connectivity index (χ2v) is 7.72. The lowest BCUT2D eigenvalue weighted by molar-refractivity contribution is -0.109. The Balaban J connectivity index is 3.31. The topological polar surface area (TPSA) is 73.1 Å². The van der Waals surface area contributed by atoms with Crippen LogP contribution in [0.4, 0.5) is 4.39 Å². The molecule has 0 spiro atoms. The van der Waals surface area contributed by atoms with Crippen LogP contribution in [-0.2, 0) is 21.2 Å². The molecule has 20 heavy (non-hydrogen) atoms. The summed E-state index contributed by atoms with van der Waals surface area (Å²) < 4.78 is 24.8. The number of halogens is 2. The van der Waals surface area contributed by atoms with Gasteiger partial charge in [-0.05, 0) is 32.4 Å². The highest BCUT2D eigenvalue weighted by atomic mass is 35.5. The van der Waals surface area contributed by atoms with E-state index in [1.165, 1.54) is 12.1 Å². The zero-order valence-corrected chi connectivity index (χ0v) is 13.2. The molecule has 0 saturated carbocycles. The quantitative estimate of drug-likeness (QED) is 0.646. The Morgan fingerprint density at radius 2 is 2.05 bits per heavy atom. The van der Waals surface area contributed by atoms with E-state index >= 15 is 0 Å². The molecule has 1 unspecified atom stereocenters. The second kappa shape index (κ2) is 6.28. The van der Waals surface area contributed by atoms with Crippen molar-refractivity contribution >= 4 is 28.9 Å². The van der Waals surface area contributed by atoms with Crippen molar-refractivity contribution in [3.63, 3.8) is 0 Å². The van der Waals surface area contributed by atoms with Gasteiger partial charge in [0.05, 0.1) is 21.4 Å². The first kappa shape index (κ1) is 17.2. The fraction of sp³-hybridized carbons (Fsp3) is 0.538. The fourth-order valence-corrected chi connectivity index (χ4v) is 2.90. The van der Waals surface area contributed by atoms with E-state index in [9.17, 15) is 13.4 Å². The van der Waals surface area contributed by atoms with Gasteiger partial charge in [-0.3, -0.25) is 5.14 Å². The molecule has 2 N–H and O–H groups in total. The van der Waals surface area contributed by atoms with Crippen LogP contribution in [0, 0.1) is 5.82 Å². The Hall–Kier alpha value is -0.850. The molecule has 0 saturated heterocycles. The van der Waals surface area contributed by atoms with Crippen molar-refractivity contribution in [2.75, 3.05) is 0 Å². The highest BCUT2D eigenvalue weighted by Crippen LogP contribution is 2.37. The van der Waals surface area contributed by atoms with Gasteiger partial charge in [0.25, 0.3) is 0 Å². The number of aromatic nitrogens is 1. The highest BCUT2D eigenvalue weighted by Gasteiger charge is 2.39. The van der Waals surface area contributed by atoms with Crippen LogP contribution in [0.25, 0.3) is 0 Å². The molecule has 1 heterocycles. The van der Waals surface area contributed by atoms with Gasteiger partial charge < -0.3 is 4.79 Å². The average Bonchev–Trinajstić information content (AvgIpc) is 2.31. The SMILES string of the molecule is CC(C)(C[C@](C)(CC=O)c1nc(Cl)ccc1F)S(N)=O. The molecule has 0 radical (unpaired) electrons. The van der Waals surface area contributed by atoms with Gasteiger partial charge in [0, 0.05) is 11.8 Å². The molecule has 1 aromatic rings. The van der Waals surface area contributed by atoms with Crippen LogP contribution in [0.3, 0.4) is 0 Å². The lowest BCUT2D eigenvalue weighted by atomic mass is 9.76. The summed E-state index contributed by atoms with van der Waals surface area (Å²) in [4.78, 5) is 15.0. The third kappa shape index (κ3) is 3.84. The van der Waals surface area contributed by atoms with Crippen molar-refractivity contribution in [2.24, 2.45) is 5.14 Å². The number of rotatable bonds is 6. The normalized spacial score (nSPS) is 16.5. The maximum Gasteiger partial charge on any atom is 0.145 e. The van der Waals surface area contributed by atoms with Crippen LogP contribution < -0.4 is 5.14 Å². The third-order valence-electron chi connectivity index (χ3n) is 3.28. The standard InChI is InChI=1S/C13H18ClFN2O2S/c1-12(2,20(16)19)8-13(3,6-7-18)11-9(15)4-5-10(14)17-11/h4-5,7H,6,8,16H2,1-3H3/t13-,20?/m0/s1. The van der Waals surface area contributed by atoms with E-state index in [1.54, 1.807) is 20.8 Å². The summed E-state index contributed by atoms with van der Waals surface area (Å²) in [5.41, 5.74) is -0.828. The fourth-order valence-electron chi connectivity index (χ4n) is 2.29. The lowest BCUT2D eigenvalue weighted by Crippen LogP contribution is -2.40. The van der Waals surface area contributed by atoms with Crippen molar-refractivity contribution in [3.8, 4) is 0 Å². The van der Waals surface area contributed by atoms with Crippen molar-refractivity contribution in [1.82, 2.24) is 4.98 Å². The largest absolute Gasteiger partial charge is 0.303 e. The number of carbonyl (C=O) groups is 1. The summed E-state index contributed by atoms with van der Waals surface area (Å²) in [6, 6.07) is 2.55. The van der Waals surface area contributed by atoms with Crippen LogP contribution in [0.5, 0.6) is 0 Å². The molecule has 0 fully saturated rings. The minimum atomic E-state index is -1.61. The Kier molecular flexibility index (Phi) is 5.40. The highest BCUT2D eigenvalue weighted by molar-refractivity contribution is 7.84. The molecule has 2 atom stereocenters. The second-order valence-electron chi connectivity index (χ2n) is 5.63. The summed E-state index contributed by atoms with van der Waals surface area (Å²) in [6.07, 6.45) is 0.974. The minimum Gasteiger partial charge on any atom is -0.303 e. The minimum absolute atomic E-state index is 0.0396. The molecule has 0 aliphatic heterocycles. The number of carbonyl (C=O) groups excluding carboxylic acids is 1. The van der Waals surface area contributed by atoms with Gasteiger partial charge in [0.15, 0.2) is 0 Å². The molecule has 0 aliphatic rings. The monoisotopic (exact) mass is 320 g/mol. The number of hydrogen-bond donors (Lipinski definition) is 1. The molecule has 112 valence electrons. The van der Waals surface area contributed by atoms with Gasteiger partial charge >= 0.3 is 0 Å². The van der Waals surface area contributed by atoms with Crippen LogP contribution in [0.1, 0.15) is 39.3 Å². The molecule has 4 nitrogen and oxygen atoms in total. The molecule has 0 amide bonds. The van der Waals surface area contributed by atoms with E-state index < -0.39 is 27.0 Å². The Morgan fingerprint density at radius 3 is 2.55 bits per heavy atom. The smallest absolute Gasteiger partial charge is 0.145 e. The van der Waals surface area contributed by atoms with Crippen molar-refractivity contribution in [2.45, 2.75) is 43.8 Å². The van der Waals surface area contributed by atoms with Crippen molar-refractivity contribution in [3.05, 3.63) is 28.8 Å². The molecule has 0 bridgehead atoms. The maximum absolute atomic E-state index is 14.0. The molecule has 0 aromatic carbocycles. The van der Waals surface area contributed by atoms with Crippen LogP contribution >= 0.6 is 11.6 Å². The van der Waals surface area contributed by atoms with Gasteiger partial charge in [0.2, 0.25) is 0 Å². The van der Waals surface area contributed by atoms with Gasteiger partial charge in [-0.1, -0.05) is 18.5 Å². The molecule has 0 aliphatic carbocycles. The zero-order chi connectivity index (χ0) is 15.6. The first-order chi connectivity index (χ1) is 9.12. The first-order valence-electron chi connectivity index (χ1n) is 6.05. The summed E-state index contributed by atoms with van der Waals surface area (Å²) >= 11 is 5.81. The van der Waals surface area contributed by atoms with Crippen molar-refractivity contribution < 1.29 is 13.4 Å². The van der Waals surface area contributed by atoms with Gasteiger partial charge in [0.1, 0.15) is 17.3 Å². The van der Waals surface area contributed by atoms with Gasteiger partial charge in [-0.15, -0.1) is 0 Å². The summed E-state index contributed by atoms with van der Waals surface area (Å²) in [5, 5.41) is 5.61. The van der Waals surface area contributed by atoms with E-state index in [4.69, 9.17) is 16.7 Å². The van der Waals surface area contributed by atoms with Crippen LogP contribution in [0.2, 0.25) is 5.15 Å². The summed E-state index contributed by atoms with van der Waals surface area (Å²) in [5.74, 6) is -0.544. The van der Waals surface area contributed by atoms with Crippen molar-refractivity contribution in [1.29, 1.82) is 0 Å². The zero-order valence-electron chi connectivity index (χ0n) is 11.7. The van der Waals surface area contributed by atoms with Gasteiger partial charge in [-0.25, -0.2) is 13.6 Å². The first-order valence-corrected chi connectivity index (χ1v) is 7.64. The number of nitrogens with two attached hydrogens (primary N) is 1. The lowest BCUT2D eigenvalue weighted by Gasteiger charge is -2.34. The Morgan fingerprint density at radius 1 is 1.45 bits per heavy atom. The molecular weight excluding hydrogens is 303 g/mol. The molecular formula is C13H18ClFN2O2S. The number of nitrogens with zero attached hydrogens (tertiary/aromatic N) is 1. The predicted octanol–water partition coefficient (Wildman–Crippen LogP) is 2.51. The number of aldehydes is 1. The Bertz CT molecular complexity index is 539. The average molecular weight is 321 g/mol. The van der Waals surface area contributed by atoms with Gasteiger partial charge in [-0.2, -0.15) is 0 Å². The molecule has 1 aromatic heterocycles. The number of pyridine rings is 1. The van der Waals surface area contributed by atoms with Crippen LogP contribution in [-0.4, -0.2) is 20.2 Å². The van der Waals surface area contributed by atoms with E-state index in [1.807, 2.05) is 0 Å². The van der Waals surface area contributed by atoms with E-state index in [0.717, 1.165) is 0 Å². The Labute approximate surface area is 125 Å². The number of hydrogen-bond acceptors (Lipinski definition) is 3. The maximum atomic E-state index is 14.0. The summed E-state index contributed by atoms with van der Waals surface area (Å²) in [6.45, 7) is 5.10. The molecule has 7 heteroatoms. The predicted molar refractivity (Wildman–Crippen MR) is 78.3 cm³/mol. The van der Waals surface area contributed by atoms with E-state index in [-0.39, 0.29) is 23.7 Å². The van der Waals surface area contributed by atoms with Crippen LogP contribution in [0.15, 0.2) is 12.1 Å². The van der Waals surface area contributed by atoms with E-state index in [2.05, 4.69) is 4.98 Å². The molecule has 1 rings (SSSR count). The summed E-state index contributed by atoms with van der Waals surface area (Å²) in [7, 11) is -1.61.